The molecule has 2 fully saturated rings. The molecule has 226 valence electrons. The predicted octanol–water partition coefficient (Wildman–Crippen LogP) is 6.59. The number of esters is 1. The van der Waals surface area contributed by atoms with Gasteiger partial charge in [-0.25, -0.2) is 10.3 Å². The largest absolute Gasteiger partial charge is 0.461 e. The molecule has 0 unspecified atom stereocenters. The number of fused-ring (bicyclic) bond motifs is 1. The van der Waals surface area contributed by atoms with E-state index < -0.39 is 11.6 Å². The molecule has 42 heavy (non-hydrogen) atoms. The fourth-order valence-electron chi connectivity index (χ4n) is 6.12. The van der Waals surface area contributed by atoms with Crippen LogP contribution in [0.25, 0.3) is 10.1 Å². The number of hydrogen-bond donors (Lipinski definition) is 4. The van der Waals surface area contributed by atoms with E-state index in [-0.39, 0.29) is 18.1 Å². The summed E-state index contributed by atoms with van der Waals surface area (Å²) in [6.45, 7) is 3.43. The van der Waals surface area contributed by atoms with Crippen LogP contribution in [0.1, 0.15) is 98.4 Å². The predicted molar refractivity (Wildman–Crippen MR) is 165 cm³/mol. The number of carbonyl (C=O) groups is 2. The van der Waals surface area contributed by atoms with Crippen LogP contribution in [0.15, 0.2) is 48.5 Å². The molecule has 4 N–H and O–H groups in total. The van der Waals surface area contributed by atoms with Gasteiger partial charge in [-0.15, -0.1) is 11.3 Å². The summed E-state index contributed by atoms with van der Waals surface area (Å²) < 4.78 is 13.6. The van der Waals surface area contributed by atoms with Crippen LogP contribution >= 0.6 is 11.3 Å². The number of nitrogens with one attached hydrogen (secondary N) is 3. The molecular weight excluding hydrogens is 550 g/mol. The normalized spacial score (nSPS) is 17.7. The van der Waals surface area contributed by atoms with Gasteiger partial charge in [-0.3, -0.25) is 15.3 Å². The van der Waals surface area contributed by atoms with Crippen LogP contribution in [0.4, 0.5) is 0 Å². The molecule has 3 aromatic rings. The van der Waals surface area contributed by atoms with Crippen molar-refractivity contribution in [2.45, 2.75) is 109 Å². The minimum atomic E-state index is -1.18. The molecule has 0 saturated heterocycles. The second-order valence-electron chi connectivity index (χ2n) is 11.6. The quantitative estimate of drug-likeness (QED) is 0.0766. The summed E-state index contributed by atoms with van der Waals surface area (Å²) in [5, 5.41) is 17.0. The minimum Gasteiger partial charge on any atom is -0.461 e. The summed E-state index contributed by atoms with van der Waals surface area (Å²) in [5.41, 5.74) is 2.73. The molecular formula is C33H43N3O5S. The lowest BCUT2D eigenvalue weighted by molar-refractivity contribution is -0.173. The van der Waals surface area contributed by atoms with Crippen LogP contribution in [0.3, 0.4) is 0 Å². The van der Waals surface area contributed by atoms with E-state index in [1.54, 1.807) is 11.5 Å². The third kappa shape index (κ3) is 7.69. The van der Waals surface area contributed by atoms with Gasteiger partial charge in [0.15, 0.2) is 0 Å². The van der Waals surface area contributed by atoms with Gasteiger partial charge in [0.25, 0.3) is 11.6 Å². The second-order valence-corrected chi connectivity index (χ2v) is 12.7. The third-order valence-corrected chi connectivity index (χ3v) is 9.43. The molecule has 0 radical (unpaired) electrons. The number of hydroxylamine groups is 1. The van der Waals surface area contributed by atoms with E-state index in [2.05, 4.69) is 23.6 Å². The zero-order valence-corrected chi connectivity index (χ0v) is 25.3. The number of carbonyl (C=O) groups excluding carboxylic acids is 2. The minimum absolute atomic E-state index is 0.0124. The standard InChI is InChI=1S/C33H43N3O5S/c1-2-18-33(35-26-8-4-3-5-9-26,32(38)40-27-10-6-7-11-27)41-28-16-13-23(14-17-28)21-34-22-24-12-15-25-20-30(31(37)36-39)42-29(25)19-24/h12-17,19-20,26-27,34-35,39H,2-11,18,21-22H2,1H3,(H,36,37)/t33-/m0/s1. The van der Waals surface area contributed by atoms with Crippen LogP contribution in [0.2, 0.25) is 0 Å². The Bertz CT molecular complexity index is 1330. The Morgan fingerprint density at radius 2 is 1.62 bits per heavy atom. The average Bonchev–Trinajstić information content (AvgIpc) is 3.68. The summed E-state index contributed by atoms with van der Waals surface area (Å²) in [6, 6.07) is 16.1. The van der Waals surface area contributed by atoms with E-state index in [1.165, 1.54) is 30.6 Å². The van der Waals surface area contributed by atoms with Gasteiger partial charge in [-0.2, -0.15) is 0 Å². The van der Waals surface area contributed by atoms with Gasteiger partial charge in [0.1, 0.15) is 11.9 Å². The number of amides is 1. The molecule has 8 nitrogen and oxygen atoms in total. The van der Waals surface area contributed by atoms with E-state index >= 15 is 0 Å². The van der Waals surface area contributed by atoms with Gasteiger partial charge in [-0.05, 0) is 79.3 Å². The number of ether oxygens (including phenoxy) is 2. The van der Waals surface area contributed by atoms with Crippen molar-refractivity contribution in [1.82, 2.24) is 16.1 Å². The summed E-state index contributed by atoms with van der Waals surface area (Å²) in [5.74, 6) is -0.116. The molecule has 1 heterocycles. The number of hydrogen-bond acceptors (Lipinski definition) is 8. The Morgan fingerprint density at radius 3 is 2.33 bits per heavy atom. The molecule has 1 aromatic heterocycles. The maximum Gasteiger partial charge on any atom is 0.366 e. The van der Waals surface area contributed by atoms with Gasteiger partial charge in [0, 0.05) is 30.3 Å². The Hall–Kier alpha value is -2.98. The molecule has 1 amide bonds. The van der Waals surface area contributed by atoms with Crippen molar-refractivity contribution < 1.29 is 24.3 Å². The highest BCUT2D eigenvalue weighted by Gasteiger charge is 2.45. The maximum atomic E-state index is 13.7. The van der Waals surface area contributed by atoms with E-state index in [1.807, 2.05) is 36.4 Å². The van der Waals surface area contributed by atoms with Crippen molar-refractivity contribution in [2.75, 3.05) is 0 Å². The van der Waals surface area contributed by atoms with Gasteiger partial charge in [-0.1, -0.05) is 56.9 Å². The molecule has 1 atom stereocenters. The first-order valence-corrected chi connectivity index (χ1v) is 16.2. The Balaban J connectivity index is 1.22. The zero-order valence-electron chi connectivity index (χ0n) is 24.5. The van der Waals surface area contributed by atoms with Gasteiger partial charge >= 0.3 is 5.97 Å². The molecule has 5 rings (SSSR count). The van der Waals surface area contributed by atoms with Crippen LogP contribution in [0.5, 0.6) is 5.75 Å². The van der Waals surface area contributed by atoms with E-state index in [0.29, 0.717) is 30.1 Å². The lowest BCUT2D eigenvalue weighted by Gasteiger charge is -2.38. The van der Waals surface area contributed by atoms with Gasteiger partial charge in [0.2, 0.25) is 0 Å². The number of benzene rings is 2. The monoisotopic (exact) mass is 593 g/mol. The van der Waals surface area contributed by atoms with Crippen molar-refractivity contribution in [3.63, 3.8) is 0 Å². The second kappa shape index (κ2) is 14.5. The van der Waals surface area contributed by atoms with Crippen LogP contribution in [0, 0.1) is 0 Å². The van der Waals surface area contributed by atoms with E-state index in [9.17, 15) is 9.59 Å². The lowest BCUT2D eigenvalue weighted by atomic mass is 9.93. The SMILES string of the molecule is CCC[C@](NC1CCCCC1)(Oc1ccc(CNCc2ccc3cc(C(=O)NO)sc3c2)cc1)C(=O)OC1CCCC1. The van der Waals surface area contributed by atoms with E-state index in [0.717, 1.165) is 66.2 Å². The Kier molecular flexibility index (Phi) is 10.5. The highest BCUT2D eigenvalue weighted by molar-refractivity contribution is 7.20. The molecule has 0 bridgehead atoms. The van der Waals surface area contributed by atoms with Crippen molar-refractivity contribution >= 4 is 33.3 Å². The summed E-state index contributed by atoms with van der Waals surface area (Å²) in [6.07, 6.45) is 11.1. The lowest BCUT2D eigenvalue weighted by Crippen LogP contribution is -2.61. The smallest absolute Gasteiger partial charge is 0.366 e. The number of rotatable bonds is 13. The Labute approximate surface area is 252 Å². The molecule has 2 aromatic carbocycles. The van der Waals surface area contributed by atoms with Crippen LogP contribution in [-0.2, 0) is 22.6 Å². The highest BCUT2D eigenvalue weighted by Crippen LogP contribution is 2.30. The summed E-state index contributed by atoms with van der Waals surface area (Å²) in [7, 11) is 0. The fraction of sp³-hybridized carbons (Fsp3) is 0.515. The summed E-state index contributed by atoms with van der Waals surface area (Å²) >= 11 is 1.35. The molecule has 9 heteroatoms. The van der Waals surface area contributed by atoms with E-state index in [4.69, 9.17) is 14.7 Å². The molecule has 0 spiro atoms. The third-order valence-electron chi connectivity index (χ3n) is 8.33. The maximum absolute atomic E-state index is 13.7. The van der Waals surface area contributed by atoms with Gasteiger partial charge in [0.05, 0.1) is 4.88 Å². The van der Waals surface area contributed by atoms with Gasteiger partial charge < -0.3 is 14.8 Å². The van der Waals surface area contributed by atoms with Crippen molar-refractivity contribution in [1.29, 1.82) is 0 Å². The first kappa shape index (κ1) is 30.5. The average molecular weight is 594 g/mol. The molecule has 2 saturated carbocycles. The van der Waals surface area contributed by atoms with Crippen LogP contribution in [-0.4, -0.2) is 35.0 Å². The first-order valence-electron chi connectivity index (χ1n) is 15.4. The zero-order chi connectivity index (χ0) is 29.4. The first-order chi connectivity index (χ1) is 20.5. The molecule has 0 aliphatic heterocycles. The fourth-order valence-corrected chi connectivity index (χ4v) is 7.13. The molecule has 2 aliphatic rings. The highest BCUT2D eigenvalue weighted by atomic mass is 32.1. The van der Waals surface area contributed by atoms with Crippen molar-refractivity contribution in [3.05, 3.63) is 64.5 Å². The Morgan fingerprint density at radius 1 is 0.929 bits per heavy atom. The van der Waals surface area contributed by atoms with Crippen LogP contribution < -0.4 is 20.9 Å². The number of thiophene rings is 1. The summed E-state index contributed by atoms with van der Waals surface area (Å²) in [4.78, 5) is 25.9. The van der Waals surface area contributed by atoms with Crippen molar-refractivity contribution in [3.8, 4) is 5.75 Å². The molecule has 2 aliphatic carbocycles. The van der Waals surface area contributed by atoms with Crippen molar-refractivity contribution in [2.24, 2.45) is 0 Å². The topological polar surface area (TPSA) is 109 Å².